The number of hydrogen-bond donors (Lipinski definition) is 0. The van der Waals surface area contributed by atoms with Crippen LogP contribution in [-0.2, 0) is 19.7 Å². The molecule has 5 heteroatoms. The van der Waals surface area contributed by atoms with E-state index in [-0.39, 0.29) is 5.48 Å². The van der Waals surface area contributed by atoms with Gasteiger partial charge < -0.3 is 24.9 Å². The summed E-state index contributed by atoms with van der Waals surface area (Å²) in [6.07, 6.45) is 0. The molecule has 0 spiro atoms. The summed E-state index contributed by atoms with van der Waals surface area (Å²) in [5.41, 5.74) is 0. The molecule has 0 aliphatic carbocycles. The zero-order chi connectivity index (χ0) is 11.8. The lowest BCUT2D eigenvalue weighted by Gasteiger charge is -2.00. The normalized spacial score (nSPS) is 7.27. The van der Waals surface area contributed by atoms with Gasteiger partial charge in [-0.15, -0.1) is 0 Å². The highest BCUT2D eigenvalue weighted by molar-refractivity contribution is 5.60. The van der Waals surface area contributed by atoms with E-state index in [4.69, 9.17) is 19.4 Å². The zero-order valence-corrected chi connectivity index (χ0v) is 10.4. The highest BCUT2D eigenvalue weighted by atomic mass is 16.5. The number of hydrogen-bond acceptors (Lipinski definition) is 4. The topological polar surface area (TPSA) is 87.1 Å². The molecule has 0 amide bonds. The number of ether oxygens (including phenoxy) is 2. The maximum atomic E-state index is 8.89. The Bertz CT molecular complexity index is 81.8. The molecule has 0 aliphatic heterocycles. The Morgan fingerprint density at radius 1 is 0.933 bits per heavy atom. The summed E-state index contributed by atoms with van der Waals surface area (Å²) in [5.74, 6) is -1.08. The van der Waals surface area contributed by atoms with Crippen LogP contribution in [0.3, 0.4) is 0 Å². The van der Waals surface area contributed by atoms with E-state index >= 15 is 0 Å². The van der Waals surface area contributed by atoms with Crippen LogP contribution in [0.2, 0.25) is 0 Å². The van der Waals surface area contributed by atoms with Gasteiger partial charge in [-0.25, -0.2) is 0 Å². The molecule has 0 aromatic carbocycles. The second-order valence-corrected chi connectivity index (χ2v) is 2.05. The summed E-state index contributed by atoms with van der Waals surface area (Å²) >= 11 is 0. The van der Waals surface area contributed by atoms with E-state index in [9.17, 15) is 0 Å². The maximum Gasteiger partial charge on any atom is 0.0437 e. The molecule has 0 fully saturated rings. The molecular weight excluding hydrogens is 200 g/mol. The molecule has 0 saturated heterocycles. The predicted octanol–water partition coefficient (Wildman–Crippen LogP) is 0.723. The van der Waals surface area contributed by atoms with Crippen molar-refractivity contribution in [1.82, 2.24) is 0 Å². The van der Waals surface area contributed by atoms with Crippen molar-refractivity contribution in [3.8, 4) is 0 Å². The van der Waals surface area contributed by atoms with E-state index in [1.807, 2.05) is 27.7 Å². The van der Waals surface area contributed by atoms with Gasteiger partial charge in [0.25, 0.3) is 0 Å². The van der Waals surface area contributed by atoms with E-state index < -0.39 is 5.97 Å². The van der Waals surface area contributed by atoms with Crippen LogP contribution in [0.5, 0.6) is 0 Å². The Kier molecular flexibility index (Phi) is 46.5. The van der Waals surface area contributed by atoms with Crippen molar-refractivity contribution < 1.29 is 24.9 Å². The second-order valence-electron chi connectivity index (χ2n) is 2.05. The third kappa shape index (κ3) is 153. The SMILES string of the molecule is CC(=O)[O-].CCOCC.CCOCC.[O-2]. The molecule has 0 N–H and O–H groups in total. The first-order chi connectivity index (χ1) is 6.56. The first-order valence-corrected chi connectivity index (χ1v) is 4.89. The number of rotatable bonds is 4. The van der Waals surface area contributed by atoms with Gasteiger partial charge in [0.05, 0.1) is 0 Å². The van der Waals surface area contributed by atoms with E-state index in [2.05, 4.69) is 0 Å². The minimum atomic E-state index is -1.08. The van der Waals surface area contributed by atoms with Gasteiger partial charge in [-0.2, -0.15) is 0 Å². The van der Waals surface area contributed by atoms with E-state index in [0.29, 0.717) is 0 Å². The standard InChI is InChI=1S/2C4H10O.C2H4O2.O/c2*1-3-5-4-2;1-2(3)4;/h2*3-4H2,1-2H3;1H3,(H,3,4);/q;;;-2/p-1. The Morgan fingerprint density at radius 3 is 1.07 bits per heavy atom. The van der Waals surface area contributed by atoms with Gasteiger partial charge in [0, 0.05) is 32.4 Å². The Labute approximate surface area is 92.7 Å². The summed E-state index contributed by atoms with van der Waals surface area (Å²) in [6.45, 7) is 12.3. The van der Waals surface area contributed by atoms with Crippen molar-refractivity contribution in [2.75, 3.05) is 26.4 Å². The van der Waals surface area contributed by atoms with Crippen molar-refractivity contribution in [2.45, 2.75) is 34.6 Å². The number of aliphatic carboxylic acids is 1. The molecule has 0 aromatic rings. The highest BCUT2D eigenvalue weighted by Crippen LogP contribution is 1.64. The molecule has 0 unspecified atom stereocenters. The smallest absolute Gasteiger partial charge is 0.0437 e. The molecule has 0 aromatic heterocycles. The van der Waals surface area contributed by atoms with E-state index in [0.717, 1.165) is 33.4 Å². The molecule has 0 heterocycles. The zero-order valence-electron chi connectivity index (χ0n) is 10.4. The van der Waals surface area contributed by atoms with Crippen LogP contribution in [0.15, 0.2) is 0 Å². The van der Waals surface area contributed by atoms with E-state index in [1.54, 1.807) is 0 Å². The minimum absolute atomic E-state index is 0. The molecule has 0 atom stereocenters. The van der Waals surface area contributed by atoms with Crippen LogP contribution in [-0.4, -0.2) is 32.4 Å². The van der Waals surface area contributed by atoms with Gasteiger partial charge in [0.15, 0.2) is 0 Å². The fourth-order valence-electron chi connectivity index (χ4n) is 0.408. The second kappa shape index (κ2) is 29.2. The lowest BCUT2D eigenvalue weighted by Crippen LogP contribution is -2.16. The number of carboxylic acids is 1. The predicted molar refractivity (Wildman–Crippen MR) is 55.7 cm³/mol. The lowest BCUT2D eigenvalue weighted by atomic mass is 10.8. The minimum Gasteiger partial charge on any atom is -2.00 e. The average Bonchev–Trinajstić information content (AvgIpc) is 2.07. The van der Waals surface area contributed by atoms with E-state index in [1.165, 1.54) is 0 Å². The lowest BCUT2D eigenvalue weighted by molar-refractivity contribution is -0.302. The van der Waals surface area contributed by atoms with Gasteiger partial charge in [-0.05, 0) is 34.6 Å². The molecule has 0 radical (unpaired) electrons. The largest absolute Gasteiger partial charge is 2.00 e. The third-order valence-electron chi connectivity index (χ3n) is 0.816. The van der Waals surface area contributed by atoms with Crippen molar-refractivity contribution >= 4 is 5.97 Å². The number of carboxylic acid groups (broad SMARTS) is 1. The quantitative estimate of drug-likeness (QED) is 0.702. The third-order valence-corrected chi connectivity index (χ3v) is 0.816. The Hall–Kier alpha value is -0.650. The monoisotopic (exact) mass is 223 g/mol. The van der Waals surface area contributed by atoms with Crippen LogP contribution in [0, 0.1) is 0 Å². The van der Waals surface area contributed by atoms with Gasteiger partial charge in [0.1, 0.15) is 0 Å². The van der Waals surface area contributed by atoms with Crippen molar-refractivity contribution in [3.05, 3.63) is 0 Å². The summed E-state index contributed by atoms with van der Waals surface area (Å²) < 4.78 is 9.67. The molecule has 5 nitrogen and oxygen atoms in total. The van der Waals surface area contributed by atoms with Gasteiger partial charge in [-0.3, -0.25) is 0 Å². The highest BCUT2D eigenvalue weighted by Gasteiger charge is 1.64. The molecule has 15 heavy (non-hydrogen) atoms. The fraction of sp³-hybridized carbons (Fsp3) is 0.900. The summed E-state index contributed by atoms with van der Waals surface area (Å²) in [7, 11) is 0. The van der Waals surface area contributed by atoms with Crippen LogP contribution >= 0.6 is 0 Å². The van der Waals surface area contributed by atoms with Gasteiger partial charge >= 0.3 is 0 Å². The first kappa shape index (κ1) is 23.9. The molecule has 96 valence electrons. The molecule has 0 aliphatic rings. The van der Waals surface area contributed by atoms with Gasteiger partial charge in [-0.1, -0.05) is 0 Å². The van der Waals surface area contributed by atoms with Gasteiger partial charge in [0.2, 0.25) is 0 Å². The summed E-state index contributed by atoms with van der Waals surface area (Å²) in [5, 5.41) is 8.89. The van der Waals surface area contributed by atoms with Crippen molar-refractivity contribution in [1.29, 1.82) is 0 Å². The maximum absolute atomic E-state index is 8.89. The molecule has 0 rings (SSSR count). The van der Waals surface area contributed by atoms with Crippen molar-refractivity contribution in [2.24, 2.45) is 0 Å². The van der Waals surface area contributed by atoms with Crippen LogP contribution < -0.4 is 5.11 Å². The summed E-state index contributed by atoms with van der Waals surface area (Å²) in [4.78, 5) is 8.89. The fourth-order valence-corrected chi connectivity index (χ4v) is 0.408. The van der Waals surface area contributed by atoms with Crippen LogP contribution in [0.25, 0.3) is 0 Å². The first-order valence-electron chi connectivity index (χ1n) is 4.89. The molecule has 0 bridgehead atoms. The van der Waals surface area contributed by atoms with Crippen LogP contribution in [0.1, 0.15) is 34.6 Å². The van der Waals surface area contributed by atoms with Crippen molar-refractivity contribution in [3.63, 3.8) is 0 Å². The summed E-state index contributed by atoms with van der Waals surface area (Å²) in [6, 6.07) is 0. The Balaban J connectivity index is -0.0000000590. The number of carbonyl (C=O) groups excluding carboxylic acids is 1. The Morgan fingerprint density at radius 2 is 1.07 bits per heavy atom. The molecular formula is C10H23O5-3. The molecule has 0 saturated carbocycles. The average molecular weight is 223 g/mol. The number of carbonyl (C=O) groups is 1. The van der Waals surface area contributed by atoms with Crippen LogP contribution in [0.4, 0.5) is 0 Å².